The number of methoxy groups -OCH3 is 1. The largest absolute Gasteiger partial charge is 0.497 e. The molecule has 3 aromatic rings. The van der Waals surface area contributed by atoms with Gasteiger partial charge in [-0.15, -0.1) is 10.2 Å². The maximum absolute atomic E-state index is 13.0. The molecule has 1 aromatic heterocycles. The van der Waals surface area contributed by atoms with Gasteiger partial charge in [0, 0.05) is 12.6 Å². The number of halogens is 1. The van der Waals surface area contributed by atoms with Gasteiger partial charge in [0.2, 0.25) is 5.91 Å². The van der Waals surface area contributed by atoms with E-state index in [0.29, 0.717) is 11.0 Å². The van der Waals surface area contributed by atoms with Crippen LogP contribution in [0.5, 0.6) is 5.75 Å². The van der Waals surface area contributed by atoms with E-state index in [1.165, 1.54) is 23.9 Å². The number of amides is 1. The lowest BCUT2D eigenvalue weighted by molar-refractivity contribution is -0.119. The zero-order valence-corrected chi connectivity index (χ0v) is 16.7. The first-order chi connectivity index (χ1) is 13.5. The van der Waals surface area contributed by atoms with Crippen LogP contribution in [0.25, 0.3) is 11.4 Å². The number of nitrogens with zero attached hydrogens (tertiary/aromatic N) is 3. The molecule has 8 heteroatoms. The average Bonchev–Trinajstić information content (AvgIpc) is 3.07. The number of benzene rings is 2. The van der Waals surface area contributed by atoms with E-state index in [0.717, 1.165) is 16.9 Å². The Morgan fingerprint density at radius 1 is 1.18 bits per heavy atom. The SMILES string of the molecule is COc1ccc(-c2nnc(SCC(=O)N[C@@H](C)c3ccc(F)cc3)n2C)cc1. The fourth-order valence-corrected chi connectivity index (χ4v) is 3.40. The van der Waals surface area contributed by atoms with Gasteiger partial charge in [-0.3, -0.25) is 4.79 Å². The van der Waals surface area contributed by atoms with Crippen molar-refractivity contribution in [3.8, 4) is 17.1 Å². The Kier molecular flexibility index (Phi) is 6.30. The summed E-state index contributed by atoms with van der Waals surface area (Å²) < 4.78 is 20.0. The Bertz CT molecular complexity index is 942. The number of hydrogen-bond donors (Lipinski definition) is 1. The minimum atomic E-state index is -0.298. The van der Waals surface area contributed by atoms with Gasteiger partial charge < -0.3 is 14.6 Å². The highest BCUT2D eigenvalue weighted by molar-refractivity contribution is 7.99. The van der Waals surface area contributed by atoms with Crippen LogP contribution in [0.4, 0.5) is 4.39 Å². The zero-order chi connectivity index (χ0) is 20.1. The summed E-state index contributed by atoms with van der Waals surface area (Å²) in [5.41, 5.74) is 1.76. The monoisotopic (exact) mass is 400 g/mol. The van der Waals surface area contributed by atoms with Crippen molar-refractivity contribution in [3.05, 3.63) is 59.9 Å². The fraction of sp³-hybridized carbons (Fsp3) is 0.250. The van der Waals surface area contributed by atoms with Crippen molar-refractivity contribution in [1.82, 2.24) is 20.1 Å². The first-order valence-electron chi connectivity index (χ1n) is 8.69. The van der Waals surface area contributed by atoms with Crippen LogP contribution in [-0.4, -0.2) is 33.5 Å². The van der Waals surface area contributed by atoms with Crippen molar-refractivity contribution >= 4 is 17.7 Å². The molecule has 1 atom stereocenters. The molecular weight excluding hydrogens is 379 g/mol. The van der Waals surface area contributed by atoms with Gasteiger partial charge in [-0.2, -0.15) is 0 Å². The summed E-state index contributed by atoms with van der Waals surface area (Å²) in [4.78, 5) is 12.2. The lowest BCUT2D eigenvalue weighted by atomic mass is 10.1. The van der Waals surface area contributed by atoms with Crippen molar-refractivity contribution in [1.29, 1.82) is 0 Å². The van der Waals surface area contributed by atoms with E-state index >= 15 is 0 Å². The molecule has 0 saturated carbocycles. The highest BCUT2D eigenvalue weighted by atomic mass is 32.2. The highest BCUT2D eigenvalue weighted by Crippen LogP contribution is 2.24. The van der Waals surface area contributed by atoms with Crippen LogP contribution >= 0.6 is 11.8 Å². The Morgan fingerprint density at radius 2 is 1.86 bits per heavy atom. The van der Waals surface area contributed by atoms with Crippen molar-refractivity contribution in [2.45, 2.75) is 18.1 Å². The van der Waals surface area contributed by atoms with E-state index in [1.54, 1.807) is 19.2 Å². The number of thioether (sulfide) groups is 1. The van der Waals surface area contributed by atoms with Crippen LogP contribution in [0.3, 0.4) is 0 Å². The van der Waals surface area contributed by atoms with Gasteiger partial charge in [-0.25, -0.2) is 4.39 Å². The van der Waals surface area contributed by atoms with Gasteiger partial charge >= 0.3 is 0 Å². The summed E-state index contributed by atoms with van der Waals surface area (Å²) in [6, 6.07) is 13.4. The number of rotatable bonds is 7. The Balaban J connectivity index is 1.59. The topological polar surface area (TPSA) is 69.0 Å². The molecule has 0 saturated heterocycles. The molecule has 0 spiro atoms. The molecule has 0 aliphatic rings. The molecule has 1 heterocycles. The van der Waals surface area contributed by atoms with E-state index in [9.17, 15) is 9.18 Å². The van der Waals surface area contributed by atoms with Gasteiger partial charge in [0.15, 0.2) is 11.0 Å². The quantitative estimate of drug-likeness (QED) is 0.614. The summed E-state index contributed by atoms with van der Waals surface area (Å²) in [5.74, 6) is 1.27. The molecule has 0 bridgehead atoms. The number of ether oxygens (including phenoxy) is 1. The molecule has 3 rings (SSSR count). The average molecular weight is 400 g/mol. The van der Waals surface area contributed by atoms with Gasteiger partial charge in [-0.1, -0.05) is 23.9 Å². The Morgan fingerprint density at radius 3 is 2.50 bits per heavy atom. The van der Waals surface area contributed by atoms with Crippen molar-refractivity contribution < 1.29 is 13.9 Å². The minimum absolute atomic E-state index is 0.129. The van der Waals surface area contributed by atoms with E-state index < -0.39 is 0 Å². The van der Waals surface area contributed by atoms with Gasteiger partial charge in [0.1, 0.15) is 11.6 Å². The normalized spacial score (nSPS) is 11.9. The van der Waals surface area contributed by atoms with Crippen LogP contribution < -0.4 is 10.1 Å². The number of aromatic nitrogens is 3. The van der Waals surface area contributed by atoms with Crippen LogP contribution in [0.15, 0.2) is 53.7 Å². The molecule has 6 nitrogen and oxygen atoms in total. The summed E-state index contributed by atoms with van der Waals surface area (Å²) in [5, 5.41) is 11.9. The summed E-state index contributed by atoms with van der Waals surface area (Å²) in [6.45, 7) is 1.86. The molecular formula is C20H21FN4O2S. The van der Waals surface area contributed by atoms with Crippen LogP contribution in [0.2, 0.25) is 0 Å². The first-order valence-corrected chi connectivity index (χ1v) is 9.68. The summed E-state index contributed by atoms with van der Waals surface area (Å²) >= 11 is 1.31. The zero-order valence-electron chi connectivity index (χ0n) is 15.8. The predicted molar refractivity (Wildman–Crippen MR) is 107 cm³/mol. The second kappa shape index (κ2) is 8.88. The number of hydrogen-bond acceptors (Lipinski definition) is 5. The molecule has 0 fully saturated rings. The second-order valence-corrected chi connectivity index (χ2v) is 7.17. The number of nitrogens with one attached hydrogen (secondary N) is 1. The van der Waals surface area contributed by atoms with E-state index in [2.05, 4.69) is 15.5 Å². The second-order valence-electron chi connectivity index (χ2n) is 6.22. The lowest BCUT2D eigenvalue weighted by Gasteiger charge is -2.14. The van der Waals surface area contributed by atoms with Crippen LogP contribution in [0, 0.1) is 5.82 Å². The Hall–Kier alpha value is -2.87. The molecule has 0 unspecified atom stereocenters. The number of carbonyl (C=O) groups excluding carboxylic acids is 1. The van der Waals surface area contributed by atoms with Crippen molar-refractivity contribution in [2.24, 2.45) is 7.05 Å². The lowest BCUT2D eigenvalue weighted by Crippen LogP contribution is -2.28. The third-order valence-electron chi connectivity index (χ3n) is 4.26. The summed E-state index contributed by atoms with van der Waals surface area (Å²) in [7, 11) is 3.48. The van der Waals surface area contributed by atoms with Crippen LogP contribution in [0.1, 0.15) is 18.5 Å². The smallest absolute Gasteiger partial charge is 0.230 e. The standard InChI is InChI=1S/C20H21FN4O2S/c1-13(14-4-8-16(21)9-5-14)22-18(26)12-28-20-24-23-19(25(20)2)15-6-10-17(27-3)11-7-15/h4-11,13H,12H2,1-3H3,(H,22,26)/t13-/m0/s1. The van der Waals surface area contributed by atoms with Crippen molar-refractivity contribution in [2.75, 3.05) is 12.9 Å². The minimum Gasteiger partial charge on any atom is -0.497 e. The third kappa shape index (κ3) is 4.69. The molecule has 0 aliphatic carbocycles. The van der Waals surface area contributed by atoms with Crippen molar-refractivity contribution in [3.63, 3.8) is 0 Å². The van der Waals surface area contributed by atoms with E-state index in [1.807, 2.05) is 42.8 Å². The summed E-state index contributed by atoms with van der Waals surface area (Å²) in [6.07, 6.45) is 0. The fourth-order valence-electron chi connectivity index (χ4n) is 2.68. The third-order valence-corrected chi connectivity index (χ3v) is 5.28. The molecule has 0 aliphatic heterocycles. The van der Waals surface area contributed by atoms with E-state index in [-0.39, 0.29) is 23.5 Å². The predicted octanol–water partition coefficient (Wildman–Crippen LogP) is 3.60. The molecule has 146 valence electrons. The molecule has 0 radical (unpaired) electrons. The first kappa shape index (κ1) is 19.9. The molecule has 1 amide bonds. The van der Waals surface area contributed by atoms with Gasteiger partial charge in [0.05, 0.1) is 18.9 Å². The van der Waals surface area contributed by atoms with E-state index in [4.69, 9.17) is 4.74 Å². The maximum atomic E-state index is 13.0. The van der Waals surface area contributed by atoms with Gasteiger partial charge in [0.25, 0.3) is 0 Å². The van der Waals surface area contributed by atoms with Gasteiger partial charge in [-0.05, 0) is 48.9 Å². The maximum Gasteiger partial charge on any atom is 0.230 e. The van der Waals surface area contributed by atoms with Crippen LogP contribution in [-0.2, 0) is 11.8 Å². The highest BCUT2D eigenvalue weighted by Gasteiger charge is 2.15. The Labute approximate surface area is 167 Å². The molecule has 28 heavy (non-hydrogen) atoms. The molecule has 1 N–H and O–H groups in total. The molecule has 2 aromatic carbocycles. The number of carbonyl (C=O) groups is 1.